The van der Waals surface area contributed by atoms with Crippen molar-refractivity contribution in [1.82, 2.24) is 33.8 Å². The summed E-state index contributed by atoms with van der Waals surface area (Å²) < 4.78 is 44.3. The SMILES string of the molecule is CCn1c(C(=O)N(C2CC2)C2CC2)cc2c3c(ncn3C)c(Nc3cc(C(F)(F)F)n(C)n3)nc21. The molecule has 2 aliphatic rings. The van der Waals surface area contributed by atoms with Crippen molar-refractivity contribution in [3.63, 3.8) is 0 Å². The third-order valence-corrected chi connectivity index (χ3v) is 6.77. The molecule has 35 heavy (non-hydrogen) atoms. The maximum atomic E-state index is 13.6. The Kier molecular flexibility index (Phi) is 4.68. The maximum absolute atomic E-state index is 13.6. The number of aryl methyl sites for hydroxylation is 3. The molecule has 184 valence electrons. The number of nitrogens with one attached hydrogen (secondary N) is 1. The normalized spacial score (nSPS) is 16.4. The van der Waals surface area contributed by atoms with Crippen LogP contribution in [0.15, 0.2) is 18.5 Å². The maximum Gasteiger partial charge on any atom is 0.433 e. The van der Waals surface area contributed by atoms with Crippen LogP contribution in [0.1, 0.15) is 48.8 Å². The summed E-state index contributed by atoms with van der Waals surface area (Å²) in [6.45, 7) is 2.47. The molecule has 4 aromatic rings. The van der Waals surface area contributed by atoms with Gasteiger partial charge in [0, 0.05) is 44.2 Å². The lowest BCUT2D eigenvalue weighted by molar-refractivity contribution is -0.143. The Labute approximate surface area is 198 Å². The van der Waals surface area contributed by atoms with Crippen LogP contribution >= 0.6 is 0 Å². The second-order valence-corrected chi connectivity index (χ2v) is 9.36. The second-order valence-electron chi connectivity index (χ2n) is 9.36. The number of anilines is 2. The van der Waals surface area contributed by atoms with Gasteiger partial charge in [-0.15, -0.1) is 0 Å². The van der Waals surface area contributed by atoms with E-state index >= 15 is 0 Å². The van der Waals surface area contributed by atoms with Crippen molar-refractivity contribution in [2.75, 3.05) is 5.32 Å². The van der Waals surface area contributed by atoms with Gasteiger partial charge < -0.3 is 19.4 Å². The molecule has 0 aliphatic heterocycles. The summed E-state index contributed by atoms with van der Waals surface area (Å²) in [5.74, 6) is 0.311. The molecule has 1 N–H and O–H groups in total. The number of carbonyl (C=O) groups excluding carboxylic acids is 1. The van der Waals surface area contributed by atoms with E-state index in [0.717, 1.165) is 47.3 Å². The fraction of sp³-hybridized carbons (Fsp3) is 0.478. The van der Waals surface area contributed by atoms with Crippen molar-refractivity contribution in [3.8, 4) is 0 Å². The van der Waals surface area contributed by atoms with Gasteiger partial charge in [-0.1, -0.05) is 0 Å². The lowest BCUT2D eigenvalue weighted by Gasteiger charge is -2.22. The molecule has 2 saturated carbocycles. The van der Waals surface area contributed by atoms with E-state index in [9.17, 15) is 18.0 Å². The summed E-state index contributed by atoms with van der Waals surface area (Å²) in [7, 11) is 3.08. The number of hydrogen-bond donors (Lipinski definition) is 1. The van der Waals surface area contributed by atoms with Crippen LogP contribution in [-0.2, 0) is 26.8 Å². The molecular weight excluding hydrogens is 461 g/mol. The van der Waals surface area contributed by atoms with Crippen molar-refractivity contribution in [1.29, 1.82) is 0 Å². The first-order chi connectivity index (χ1) is 16.7. The highest BCUT2D eigenvalue weighted by Crippen LogP contribution is 2.40. The van der Waals surface area contributed by atoms with E-state index in [1.54, 1.807) is 6.33 Å². The van der Waals surface area contributed by atoms with Gasteiger partial charge in [0.15, 0.2) is 11.6 Å². The highest BCUT2D eigenvalue weighted by Gasteiger charge is 2.43. The van der Waals surface area contributed by atoms with Crippen LogP contribution in [0.3, 0.4) is 0 Å². The number of alkyl halides is 3. The molecule has 1 amide bonds. The number of amides is 1. The summed E-state index contributed by atoms with van der Waals surface area (Å²) in [5.41, 5.74) is 1.52. The summed E-state index contributed by atoms with van der Waals surface area (Å²) in [6.07, 6.45) is 1.25. The van der Waals surface area contributed by atoms with E-state index in [4.69, 9.17) is 4.98 Å². The van der Waals surface area contributed by atoms with E-state index in [-0.39, 0.29) is 17.5 Å². The Hall–Kier alpha value is -3.57. The molecule has 0 aromatic carbocycles. The number of carbonyl (C=O) groups is 1. The highest BCUT2D eigenvalue weighted by atomic mass is 19.4. The molecule has 6 rings (SSSR count). The number of imidazole rings is 1. The van der Waals surface area contributed by atoms with Crippen LogP contribution in [0.5, 0.6) is 0 Å². The number of nitrogens with zero attached hydrogens (tertiary/aromatic N) is 7. The van der Waals surface area contributed by atoms with E-state index in [1.165, 1.54) is 7.05 Å². The molecular formula is C23H25F3N8O. The molecule has 4 aromatic heterocycles. The standard InChI is InChI=1S/C23H25F3N8O/c1-4-33-15(22(35)34(12-5-6-12)13-7-8-13)9-14-19-18(27-11-31(19)2)20(29-21(14)33)28-17-10-16(23(24,25)26)32(3)30-17/h9-13H,4-8H2,1-3H3,(H,28,29,30). The zero-order valence-electron chi connectivity index (χ0n) is 19.6. The average Bonchev–Trinajstić information content (AvgIpc) is 3.70. The third kappa shape index (κ3) is 3.53. The van der Waals surface area contributed by atoms with Crippen LogP contribution in [0, 0.1) is 0 Å². The van der Waals surface area contributed by atoms with Gasteiger partial charge in [-0.2, -0.15) is 18.3 Å². The summed E-state index contributed by atoms with van der Waals surface area (Å²) in [5, 5.41) is 7.67. The number of fused-ring (bicyclic) bond motifs is 3. The van der Waals surface area contributed by atoms with Crippen LogP contribution < -0.4 is 5.32 Å². The number of rotatable bonds is 6. The molecule has 0 spiro atoms. The minimum atomic E-state index is -4.53. The van der Waals surface area contributed by atoms with Gasteiger partial charge in [0.2, 0.25) is 0 Å². The molecule has 0 bridgehead atoms. The summed E-state index contributed by atoms with van der Waals surface area (Å²) >= 11 is 0. The fourth-order valence-electron chi connectivity index (χ4n) is 4.88. The summed E-state index contributed by atoms with van der Waals surface area (Å²) in [4.78, 5) is 24.9. The Bertz CT molecular complexity index is 1460. The van der Waals surface area contributed by atoms with Crippen molar-refractivity contribution in [2.24, 2.45) is 14.1 Å². The zero-order chi connectivity index (χ0) is 24.6. The van der Waals surface area contributed by atoms with Crippen molar-refractivity contribution in [3.05, 3.63) is 29.8 Å². The number of hydrogen-bond acceptors (Lipinski definition) is 5. The van der Waals surface area contributed by atoms with Crippen LogP contribution in [0.2, 0.25) is 0 Å². The molecule has 0 radical (unpaired) electrons. The van der Waals surface area contributed by atoms with E-state index < -0.39 is 11.9 Å². The minimum absolute atomic E-state index is 0.0122. The Balaban J connectivity index is 1.49. The van der Waals surface area contributed by atoms with Gasteiger partial charge in [0.25, 0.3) is 5.91 Å². The quantitative estimate of drug-likeness (QED) is 0.441. The number of pyridine rings is 1. The monoisotopic (exact) mass is 486 g/mol. The van der Waals surface area contributed by atoms with Crippen LogP contribution in [0.25, 0.3) is 22.1 Å². The zero-order valence-corrected chi connectivity index (χ0v) is 19.6. The predicted molar refractivity (Wildman–Crippen MR) is 123 cm³/mol. The Morgan fingerprint density at radius 2 is 1.86 bits per heavy atom. The molecule has 0 unspecified atom stereocenters. The van der Waals surface area contributed by atoms with E-state index in [2.05, 4.69) is 15.4 Å². The second kappa shape index (κ2) is 7.46. The Morgan fingerprint density at radius 1 is 1.17 bits per heavy atom. The molecule has 0 saturated heterocycles. The molecule has 2 aliphatic carbocycles. The third-order valence-electron chi connectivity index (χ3n) is 6.77. The smallest absolute Gasteiger partial charge is 0.333 e. The predicted octanol–water partition coefficient (Wildman–Crippen LogP) is 4.21. The minimum Gasteiger partial charge on any atom is -0.333 e. The fourth-order valence-corrected chi connectivity index (χ4v) is 4.88. The lowest BCUT2D eigenvalue weighted by Crippen LogP contribution is -2.36. The largest absolute Gasteiger partial charge is 0.433 e. The lowest BCUT2D eigenvalue weighted by atomic mass is 10.2. The van der Waals surface area contributed by atoms with Gasteiger partial charge in [0.05, 0.1) is 11.8 Å². The van der Waals surface area contributed by atoms with Crippen molar-refractivity contribution >= 4 is 39.6 Å². The molecule has 9 nitrogen and oxygen atoms in total. The van der Waals surface area contributed by atoms with Gasteiger partial charge in [-0.05, 0) is 38.7 Å². The van der Waals surface area contributed by atoms with Gasteiger partial charge >= 0.3 is 6.18 Å². The van der Waals surface area contributed by atoms with Gasteiger partial charge in [-0.25, -0.2) is 9.97 Å². The van der Waals surface area contributed by atoms with Crippen LogP contribution in [-0.4, -0.2) is 51.8 Å². The number of aromatic nitrogens is 6. The van der Waals surface area contributed by atoms with Crippen molar-refractivity contribution in [2.45, 2.75) is 57.4 Å². The first-order valence-electron chi connectivity index (χ1n) is 11.7. The highest BCUT2D eigenvalue weighted by molar-refractivity contribution is 6.10. The molecule has 12 heteroatoms. The molecule has 0 atom stereocenters. The first kappa shape index (κ1) is 21.9. The average molecular weight is 487 g/mol. The van der Waals surface area contributed by atoms with Crippen molar-refractivity contribution < 1.29 is 18.0 Å². The number of halogens is 3. The first-order valence-corrected chi connectivity index (χ1v) is 11.7. The van der Waals surface area contributed by atoms with Crippen LogP contribution in [0.4, 0.5) is 24.8 Å². The van der Waals surface area contributed by atoms with Gasteiger partial charge in [0.1, 0.15) is 22.6 Å². The van der Waals surface area contributed by atoms with E-state index in [0.29, 0.717) is 35.5 Å². The van der Waals surface area contributed by atoms with E-state index in [1.807, 2.05) is 34.1 Å². The molecule has 2 fully saturated rings. The molecule has 4 heterocycles. The summed E-state index contributed by atoms with van der Waals surface area (Å²) in [6, 6.07) is 3.44. The topological polar surface area (TPSA) is 85.8 Å². The Morgan fingerprint density at radius 3 is 2.43 bits per heavy atom. The van der Waals surface area contributed by atoms with Gasteiger partial charge in [-0.3, -0.25) is 9.48 Å².